The Morgan fingerprint density at radius 1 is 1.30 bits per heavy atom. The van der Waals surface area contributed by atoms with Crippen molar-refractivity contribution in [2.75, 3.05) is 0 Å². The standard InChI is InChI=1S/C13H16F2N2O3/c1-7(13(2,3)4)16-12(18)8-5-9(14)10(15)6-11(8)17(19)20/h5-7H,1-4H3,(H,16,18). The summed E-state index contributed by atoms with van der Waals surface area (Å²) in [6.07, 6.45) is 0. The molecule has 0 saturated heterocycles. The third kappa shape index (κ3) is 3.49. The highest BCUT2D eigenvalue weighted by atomic mass is 19.2. The summed E-state index contributed by atoms with van der Waals surface area (Å²) in [5, 5.41) is 13.4. The zero-order chi connectivity index (χ0) is 15.7. The quantitative estimate of drug-likeness (QED) is 0.685. The summed E-state index contributed by atoms with van der Waals surface area (Å²) in [6, 6.07) is 0.646. The number of nitrogens with zero attached hydrogens (tertiary/aromatic N) is 1. The van der Waals surface area contributed by atoms with E-state index in [4.69, 9.17) is 0 Å². The normalized spacial score (nSPS) is 12.9. The van der Waals surface area contributed by atoms with Crippen LogP contribution in [0.15, 0.2) is 12.1 Å². The highest BCUT2D eigenvalue weighted by Crippen LogP contribution is 2.24. The Kier molecular flexibility index (Phi) is 4.42. The second-order valence-electron chi connectivity index (χ2n) is 5.60. The van der Waals surface area contributed by atoms with Gasteiger partial charge in [0.05, 0.1) is 11.0 Å². The molecule has 0 radical (unpaired) electrons. The zero-order valence-electron chi connectivity index (χ0n) is 11.7. The van der Waals surface area contributed by atoms with Crippen molar-refractivity contribution >= 4 is 11.6 Å². The van der Waals surface area contributed by atoms with E-state index in [9.17, 15) is 23.7 Å². The molecule has 1 aromatic carbocycles. The molecule has 1 amide bonds. The second kappa shape index (κ2) is 5.52. The van der Waals surface area contributed by atoms with Gasteiger partial charge in [-0.1, -0.05) is 20.8 Å². The molecule has 1 N–H and O–H groups in total. The Morgan fingerprint density at radius 2 is 1.80 bits per heavy atom. The average Bonchev–Trinajstić information content (AvgIpc) is 2.30. The predicted molar refractivity (Wildman–Crippen MR) is 69.4 cm³/mol. The van der Waals surface area contributed by atoms with Gasteiger partial charge in [0, 0.05) is 6.04 Å². The molecule has 0 saturated carbocycles. The van der Waals surface area contributed by atoms with Crippen LogP contribution in [0.5, 0.6) is 0 Å². The molecule has 0 spiro atoms. The molecule has 110 valence electrons. The van der Waals surface area contributed by atoms with E-state index in [1.165, 1.54) is 0 Å². The molecular weight excluding hydrogens is 270 g/mol. The Hall–Kier alpha value is -2.05. The van der Waals surface area contributed by atoms with Crippen LogP contribution in [0.1, 0.15) is 38.1 Å². The summed E-state index contributed by atoms with van der Waals surface area (Å²) in [4.78, 5) is 21.9. The second-order valence-corrected chi connectivity index (χ2v) is 5.60. The third-order valence-electron chi connectivity index (χ3n) is 3.13. The number of nitro groups is 1. The summed E-state index contributed by atoms with van der Waals surface area (Å²) in [5.41, 5.74) is -1.53. The van der Waals surface area contributed by atoms with E-state index in [-0.39, 0.29) is 11.5 Å². The van der Waals surface area contributed by atoms with Gasteiger partial charge in [-0.2, -0.15) is 0 Å². The topological polar surface area (TPSA) is 72.2 Å². The first-order valence-electron chi connectivity index (χ1n) is 5.98. The average molecular weight is 286 g/mol. The van der Waals surface area contributed by atoms with Crippen molar-refractivity contribution in [3.05, 3.63) is 39.4 Å². The van der Waals surface area contributed by atoms with E-state index in [1.54, 1.807) is 6.92 Å². The first-order valence-corrected chi connectivity index (χ1v) is 5.98. The predicted octanol–water partition coefficient (Wildman–Crippen LogP) is 3.04. The first kappa shape index (κ1) is 16.0. The first-order chi connectivity index (χ1) is 9.04. The minimum atomic E-state index is -1.36. The monoisotopic (exact) mass is 286 g/mol. The lowest BCUT2D eigenvalue weighted by Gasteiger charge is -2.28. The summed E-state index contributed by atoms with van der Waals surface area (Å²) in [5.74, 6) is -3.47. The molecule has 0 bridgehead atoms. The number of nitro benzene ring substituents is 1. The molecule has 1 rings (SSSR count). The molecule has 5 nitrogen and oxygen atoms in total. The van der Waals surface area contributed by atoms with Crippen LogP contribution in [0.25, 0.3) is 0 Å². The van der Waals surface area contributed by atoms with Gasteiger partial charge < -0.3 is 5.32 Å². The van der Waals surface area contributed by atoms with Crippen LogP contribution in [0, 0.1) is 27.2 Å². The molecule has 0 fully saturated rings. The van der Waals surface area contributed by atoms with Gasteiger partial charge in [0.15, 0.2) is 11.6 Å². The fourth-order valence-corrected chi connectivity index (χ4v) is 1.36. The lowest BCUT2D eigenvalue weighted by molar-refractivity contribution is -0.385. The van der Waals surface area contributed by atoms with Gasteiger partial charge in [0.2, 0.25) is 0 Å². The number of hydrogen-bond acceptors (Lipinski definition) is 3. The molecule has 20 heavy (non-hydrogen) atoms. The lowest BCUT2D eigenvalue weighted by Crippen LogP contribution is -2.41. The fourth-order valence-electron chi connectivity index (χ4n) is 1.36. The number of carbonyl (C=O) groups excluding carboxylic acids is 1. The molecule has 1 unspecified atom stereocenters. The molecule has 0 heterocycles. The van der Waals surface area contributed by atoms with Crippen LogP contribution in [-0.4, -0.2) is 16.9 Å². The highest BCUT2D eigenvalue weighted by molar-refractivity contribution is 5.98. The van der Waals surface area contributed by atoms with Crippen molar-refractivity contribution in [1.82, 2.24) is 5.32 Å². The minimum absolute atomic E-state index is 0.275. The number of hydrogen-bond donors (Lipinski definition) is 1. The maximum atomic E-state index is 13.2. The number of halogens is 2. The van der Waals surface area contributed by atoms with Gasteiger partial charge in [0.1, 0.15) is 5.56 Å². The molecule has 7 heteroatoms. The number of carbonyl (C=O) groups is 1. The van der Waals surface area contributed by atoms with Gasteiger partial charge >= 0.3 is 0 Å². The van der Waals surface area contributed by atoms with E-state index in [1.807, 2.05) is 20.8 Å². The Bertz CT molecular complexity index is 553. The molecule has 1 atom stereocenters. The summed E-state index contributed by atoms with van der Waals surface area (Å²) in [6.45, 7) is 7.34. The van der Waals surface area contributed by atoms with Crippen molar-refractivity contribution in [2.24, 2.45) is 5.41 Å². The van der Waals surface area contributed by atoms with Crippen LogP contribution >= 0.6 is 0 Å². The number of benzene rings is 1. The van der Waals surface area contributed by atoms with E-state index < -0.39 is 33.7 Å². The van der Waals surface area contributed by atoms with Gasteiger partial charge in [-0.15, -0.1) is 0 Å². The van der Waals surface area contributed by atoms with Crippen LogP contribution in [0.2, 0.25) is 0 Å². The molecular formula is C13H16F2N2O3. The maximum Gasteiger partial charge on any atom is 0.285 e. The maximum absolute atomic E-state index is 13.2. The molecule has 0 aliphatic heterocycles. The molecule has 0 aliphatic carbocycles. The minimum Gasteiger partial charge on any atom is -0.349 e. The Labute approximate surface area is 115 Å². The van der Waals surface area contributed by atoms with E-state index >= 15 is 0 Å². The van der Waals surface area contributed by atoms with E-state index in [0.717, 1.165) is 0 Å². The smallest absolute Gasteiger partial charge is 0.285 e. The highest BCUT2D eigenvalue weighted by Gasteiger charge is 2.27. The Balaban J connectivity index is 3.16. The number of nitrogens with one attached hydrogen (secondary N) is 1. The van der Waals surface area contributed by atoms with E-state index in [2.05, 4.69) is 5.32 Å². The third-order valence-corrected chi connectivity index (χ3v) is 3.13. The SMILES string of the molecule is CC(NC(=O)c1cc(F)c(F)cc1[N+](=O)[O-])C(C)(C)C. The van der Waals surface area contributed by atoms with Crippen molar-refractivity contribution in [3.63, 3.8) is 0 Å². The van der Waals surface area contributed by atoms with E-state index in [0.29, 0.717) is 12.1 Å². The largest absolute Gasteiger partial charge is 0.349 e. The van der Waals surface area contributed by atoms with Gasteiger partial charge in [0.25, 0.3) is 11.6 Å². The molecule has 0 aliphatic rings. The van der Waals surface area contributed by atoms with Crippen molar-refractivity contribution in [3.8, 4) is 0 Å². The van der Waals surface area contributed by atoms with Gasteiger partial charge in [-0.3, -0.25) is 14.9 Å². The number of amides is 1. The van der Waals surface area contributed by atoms with Gasteiger partial charge in [-0.25, -0.2) is 8.78 Å². The zero-order valence-corrected chi connectivity index (χ0v) is 11.7. The summed E-state index contributed by atoms with van der Waals surface area (Å²) >= 11 is 0. The van der Waals surface area contributed by atoms with Crippen molar-refractivity contribution in [1.29, 1.82) is 0 Å². The van der Waals surface area contributed by atoms with Crippen molar-refractivity contribution < 1.29 is 18.5 Å². The Morgan fingerprint density at radius 3 is 2.25 bits per heavy atom. The molecule has 1 aromatic rings. The summed E-state index contributed by atoms with van der Waals surface area (Å²) < 4.78 is 26.2. The van der Waals surface area contributed by atoms with Gasteiger partial charge in [-0.05, 0) is 18.4 Å². The fraction of sp³-hybridized carbons (Fsp3) is 0.462. The van der Waals surface area contributed by atoms with Crippen LogP contribution < -0.4 is 5.32 Å². The molecule has 0 aromatic heterocycles. The van der Waals surface area contributed by atoms with Crippen LogP contribution in [0.4, 0.5) is 14.5 Å². The van der Waals surface area contributed by atoms with Crippen LogP contribution in [-0.2, 0) is 0 Å². The summed E-state index contributed by atoms with van der Waals surface area (Å²) in [7, 11) is 0. The lowest BCUT2D eigenvalue weighted by atomic mass is 9.88. The number of rotatable bonds is 3. The van der Waals surface area contributed by atoms with Crippen LogP contribution in [0.3, 0.4) is 0 Å². The van der Waals surface area contributed by atoms with Crippen molar-refractivity contribution in [2.45, 2.75) is 33.7 Å².